The molecule has 0 aliphatic heterocycles. The third-order valence-corrected chi connectivity index (χ3v) is 2.02. The molecular weight excluding hydrogens is 228 g/mol. The molecule has 2 heterocycles. The van der Waals surface area contributed by atoms with Crippen molar-refractivity contribution >= 4 is 11.7 Å². The Kier molecular flexibility index (Phi) is 2.53. The zero-order valence-electron chi connectivity index (χ0n) is 8.35. The molecule has 2 rings (SSSR count). The molecule has 0 atom stereocenters. The van der Waals surface area contributed by atoms with Gasteiger partial charge in [-0.15, -0.1) is 0 Å². The normalized spacial score (nSPS) is 10.1. The molecule has 86 valence electrons. The molecule has 0 spiro atoms. The van der Waals surface area contributed by atoms with Crippen molar-refractivity contribution in [2.24, 2.45) is 0 Å². The fraction of sp³-hybridized carbons (Fsp3) is 0. The first-order valence-electron chi connectivity index (χ1n) is 4.47. The lowest BCUT2D eigenvalue weighted by molar-refractivity contribution is -0.385. The molecular formula is C9H6N4O4. The zero-order chi connectivity index (χ0) is 12.4. The Labute approximate surface area is 94.3 Å². The molecule has 8 heteroatoms. The second-order valence-electron chi connectivity index (χ2n) is 3.08. The summed E-state index contributed by atoms with van der Waals surface area (Å²) in [6.45, 7) is 0. The number of carboxylic acids is 1. The predicted octanol–water partition coefficient (Wildman–Crippen LogP) is 0.874. The van der Waals surface area contributed by atoms with Gasteiger partial charge in [0.25, 0.3) is 0 Å². The van der Waals surface area contributed by atoms with Crippen LogP contribution in [0, 0.1) is 10.1 Å². The third kappa shape index (κ3) is 1.95. The van der Waals surface area contributed by atoms with Crippen LogP contribution in [0.15, 0.2) is 30.7 Å². The molecule has 8 nitrogen and oxygen atoms in total. The summed E-state index contributed by atoms with van der Waals surface area (Å²) < 4.78 is 1.13. The monoisotopic (exact) mass is 234 g/mol. The van der Waals surface area contributed by atoms with Gasteiger partial charge in [0.2, 0.25) is 5.69 Å². The molecule has 2 aromatic rings. The number of pyridine rings is 1. The lowest BCUT2D eigenvalue weighted by atomic mass is 10.4. The minimum absolute atomic E-state index is 0.496. The maximum atomic E-state index is 10.8. The average Bonchev–Trinajstić information content (AvgIpc) is 2.75. The smallest absolute Gasteiger partial charge is 0.363 e. The summed E-state index contributed by atoms with van der Waals surface area (Å²) in [7, 11) is 0. The van der Waals surface area contributed by atoms with Crippen molar-refractivity contribution in [1.29, 1.82) is 0 Å². The van der Waals surface area contributed by atoms with Crippen LogP contribution in [-0.2, 0) is 0 Å². The first-order chi connectivity index (χ1) is 8.09. The van der Waals surface area contributed by atoms with E-state index in [0.29, 0.717) is 5.69 Å². The molecule has 0 unspecified atom stereocenters. The highest BCUT2D eigenvalue weighted by molar-refractivity contribution is 5.89. The molecule has 0 saturated carbocycles. The van der Waals surface area contributed by atoms with Gasteiger partial charge in [0.05, 0.1) is 10.6 Å². The van der Waals surface area contributed by atoms with Gasteiger partial charge in [-0.05, 0) is 12.1 Å². The Hall–Kier alpha value is -2.77. The van der Waals surface area contributed by atoms with Crippen LogP contribution in [-0.4, -0.2) is 30.8 Å². The van der Waals surface area contributed by atoms with Gasteiger partial charge in [-0.1, -0.05) is 0 Å². The quantitative estimate of drug-likeness (QED) is 0.623. The van der Waals surface area contributed by atoms with Crippen LogP contribution in [0.2, 0.25) is 0 Å². The van der Waals surface area contributed by atoms with Gasteiger partial charge in [0, 0.05) is 12.4 Å². The van der Waals surface area contributed by atoms with Gasteiger partial charge in [0.1, 0.15) is 6.20 Å². The van der Waals surface area contributed by atoms with Crippen LogP contribution < -0.4 is 0 Å². The second-order valence-corrected chi connectivity index (χ2v) is 3.08. The number of hydrogen-bond acceptors (Lipinski definition) is 5. The van der Waals surface area contributed by atoms with E-state index in [9.17, 15) is 14.9 Å². The number of nitro groups is 1. The summed E-state index contributed by atoms with van der Waals surface area (Å²) in [5, 5.41) is 23.1. The predicted molar refractivity (Wildman–Crippen MR) is 55.0 cm³/mol. The van der Waals surface area contributed by atoms with Crippen molar-refractivity contribution in [1.82, 2.24) is 14.8 Å². The number of aromatic carboxylic acids is 1. The van der Waals surface area contributed by atoms with Crippen molar-refractivity contribution in [3.05, 3.63) is 46.5 Å². The second kappa shape index (κ2) is 4.00. The number of carboxylic acid groups (broad SMARTS) is 1. The molecule has 0 aromatic carbocycles. The average molecular weight is 234 g/mol. The van der Waals surface area contributed by atoms with Crippen LogP contribution in [0.3, 0.4) is 0 Å². The van der Waals surface area contributed by atoms with Gasteiger partial charge in [-0.25, -0.2) is 9.48 Å². The van der Waals surface area contributed by atoms with Gasteiger partial charge >= 0.3 is 11.7 Å². The molecule has 2 aromatic heterocycles. The zero-order valence-corrected chi connectivity index (χ0v) is 8.35. The van der Waals surface area contributed by atoms with Crippen molar-refractivity contribution in [3.8, 4) is 5.69 Å². The SMILES string of the molecule is O=C(O)c1nn(-c2ccncc2)cc1[N+](=O)[O-]. The van der Waals surface area contributed by atoms with Crippen LogP contribution >= 0.6 is 0 Å². The van der Waals surface area contributed by atoms with Gasteiger partial charge in [0.15, 0.2) is 0 Å². The third-order valence-electron chi connectivity index (χ3n) is 2.02. The van der Waals surface area contributed by atoms with E-state index in [1.54, 1.807) is 12.1 Å². The first kappa shape index (κ1) is 10.7. The molecule has 1 N–H and O–H groups in total. The van der Waals surface area contributed by atoms with Crippen LogP contribution in [0.4, 0.5) is 5.69 Å². The fourth-order valence-corrected chi connectivity index (χ4v) is 1.28. The Morgan fingerprint density at radius 2 is 2.06 bits per heavy atom. The maximum Gasteiger partial charge on any atom is 0.363 e. The first-order valence-corrected chi connectivity index (χ1v) is 4.47. The van der Waals surface area contributed by atoms with E-state index < -0.39 is 22.3 Å². The van der Waals surface area contributed by atoms with Crippen molar-refractivity contribution in [2.75, 3.05) is 0 Å². The number of nitrogens with zero attached hydrogens (tertiary/aromatic N) is 4. The summed E-state index contributed by atoms with van der Waals surface area (Å²) in [5.74, 6) is -1.44. The van der Waals surface area contributed by atoms with E-state index in [1.807, 2.05) is 0 Å². The Balaban J connectivity index is 2.55. The summed E-state index contributed by atoms with van der Waals surface area (Å²) in [4.78, 5) is 24.4. The van der Waals surface area contributed by atoms with Gasteiger partial charge < -0.3 is 5.11 Å². The Bertz CT molecular complexity index is 546. The summed E-state index contributed by atoms with van der Waals surface area (Å²) in [5.41, 5.74) is -0.642. The molecule has 0 aliphatic rings. The van der Waals surface area contributed by atoms with Gasteiger partial charge in [-0.2, -0.15) is 5.10 Å². The Morgan fingerprint density at radius 1 is 1.41 bits per heavy atom. The number of hydrogen-bond donors (Lipinski definition) is 1. The molecule has 17 heavy (non-hydrogen) atoms. The van der Waals surface area contributed by atoms with E-state index >= 15 is 0 Å². The molecule has 0 saturated heterocycles. The minimum Gasteiger partial charge on any atom is -0.476 e. The van der Waals surface area contributed by atoms with E-state index in [4.69, 9.17) is 5.11 Å². The summed E-state index contributed by atoms with van der Waals surface area (Å²) in [6.07, 6.45) is 4.01. The van der Waals surface area contributed by atoms with E-state index in [-0.39, 0.29) is 0 Å². The standard InChI is InChI=1S/C9H6N4O4/c14-9(15)8-7(13(16)17)5-12(11-8)6-1-3-10-4-2-6/h1-5H,(H,14,15). The van der Waals surface area contributed by atoms with Crippen LogP contribution in [0.1, 0.15) is 10.5 Å². The highest BCUT2D eigenvalue weighted by atomic mass is 16.6. The molecule has 0 radical (unpaired) electrons. The largest absolute Gasteiger partial charge is 0.476 e. The maximum absolute atomic E-state index is 10.8. The molecule has 0 aliphatic carbocycles. The lowest BCUT2D eigenvalue weighted by Crippen LogP contribution is -2.02. The molecule has 0 amide bonds. The minimum atomic E-state index is -1.44. The van der Waals surface area contributed by atoms with Crippen LogP contribution in [0.5, 0.6) is 0 Å². The topological polar surface area (TPSA) is 111 Å². The number of aromatic nitrogens is 3. The molecule has 0 bridgehead atoms. The summed E-state index contributed by atoms with van der Waals surface area (Å²) >= 11 is 0. The van der Waals surface area contributed by atoms with E-state index in [2.05, 4.69) is 10.1 Å². The van der Waals surface area contributed by atoms with E-state index in [1.165, 1.54) is 12.4 Å². The van der Waals surface area contributed by atoms with Gasteiger partial charge in [-0.3, -0.25) is 15.1 Å². The lowest BCUT2D eigenvalue weighted by Gasteiger charge is -1.97. The highest BCUT2D eigenvalue weighted by Gasteiger charge is 2.25. The van der Waals surface area contributed by atoms with Crippen LogP contribution in [0.25, 0.3) is 5.69 Å². The fourth-order valence-electron chi connectivity index (χ4n) is 1.28. The highest BCUT2D eigenvalue weighted by Crippen LogP contribution is 2.19. The number of rotatable bonds is 3. The van der Waals surface area contributed by atoms with Crippen molar-refractivity contribution in [3.63, 3.8) is 0 Å². The Morgan fingerprint density at radius 3 is 2.53 bits per heavy atom. The summed E-state index contributed by atoms with van der Waals surface area (Å²) in [6, 6.07) is 3.12. The van der Waals surface area contributed by atoms with E-state index in [0.717, 1.165) is 10.9 Å². The van der Waals surface area contributed by atoms with Crippen molar-refractivity contribution < 1.29 is 14.8 Å². The number of carbonyl (C=O) groups is 1. The molecule has 0 fully saturated rings. The van der Waals surface area contributed by atoms with Crippen molar-refractivity contribution in [2.45, 2.75) is 0 Å².